The van der Waals surface area contributed by atoms with Crippen molar-refractivity contribution in [3.05, 3.63) is 68.0 Å². The van der Waals surface area contributed by atoms with Gasteiger partial charge in [-0.15, -0.1) is 0 Å². The number of aromatic amines is 2. The van der Waals surface area contributed by atoms with Crippen molar-refractivity contribution in [1.82, 2.24) is 14.9 Å². The van der Waals surface area contributed by atoms with Crippen LogP contribution in [0.15, 0.2) is 39.9 Å². The van der Waals surface area contributed by atoms with E-state index in [4.69, 9.17) is 0 Å². The lowest BCUT2D eigenvalue weighted by Crippen LogP contribution is -2.39. The number of carbonyl (C=O) groups excluding carboxylic acids is 1. The molecular formula is C18H18F3N3O3. The average molecular weight is 381 g/mol. The van der Waals surface area contributed by atoms with E-state index in [0.29, 0.717) is 31.6 Å². The number of aromatic nitrogens is 2. The fraction of sp³-hybridized carbons (Fsp3) is 0.389. The number of Topliss-reactive ketones (excluding diaryl/α,β-unsaturated/α-hetero) is 1. The molecular weight excluding hydrogens is 363 g/mol. The van der Waals surface area contributed by atoms with Gasteiger partial charge in [0.2, 0.25) is 0 Å². The molecule has 1 aliphatic rings. The molecule has 1 saturated heterocycles. The second kappa shape index (κ2) is 7.51. The zero-order valence-corrected chi connectivity index (χ0v) is 14.3. The minimum atomic E-state index is -4.50. The molecule has 1 aromatic carbocycles. The number of halogens is 3. The van der Waals surface area contributed by atoms with Crippen LogP contribution in [0.2, 0.25) is 0 Å². The Morgan fingerprint density at radius 2 is 1.96 bits per heavy atom. The van der Waals surface area contributed by atoms with Crippen LogP contribution >= 0.6 is 0 Å². The highest BCUT2D eigenvalue weighted by Crippen LogP contribution is 2.30. The zero-order chi connectivity index (χ0) is 19.6. The summed E-state index contributed by atoms with van der Waals surface area (Å²) in [6.45, 7) is 1.30. The van der Waals surface area contributed by atoms with E-state index in [1.54, 1.807) is 0 Å². The topological polar surface area (TPSA) is 86.0 Å². The van der Waals surface area contributed by atoms with E-state index in [0.717, 1.165) is 12.1 Å². The standard InChI is InChI=1S/C18H18F3N3O3/c19-18(20,21)13-5-1-3-11(7-13)16(26)12-4-2-6-24(9-12)10-14-8-15(25)23-17(27)22-14/h1,3,5,7-8,12H,2,4,6,9-10H2,(H2,22,23,25,27)/t12-/m1/s1. The largest absolute Gasteiger partial charge is 0.416 e. The first-order valence-electron chi connectivity index (χ1n) is 8.49. The van der Waals surface area contributed by atoms with Gasteiger partial charge in [0.15, 0.2) is 5.78 Å². The van der Waals surface area contributed by atoms with Crippen molar-refractivity contribution < 1.29 is 18.0 Å². The van der Waals surface area contributed by atoms with Crippen molar-refractivity contribution in [3.63, 3.8) is 0 Å². The van der Waals surface area contributed by atoms with Gasteiger partial charge in [-0.2, -0.15) is 13.2 Å². The Kier molecular flexibility index (Phi) is 5.31. The quantitative estimate of drug-likeness (QED) is 0.795. The van der Waals surface area contributed by atoms with Gasteiger partial charge in [-0.05, 0) is 31.5 Å². The molecule has 27 heavy (non-hydrogen) atoms. The van der Waals surface area contributed by atoms with Crippen molar-refractivity contribution in [2.75, 3.05) is 13.1 Å². The summed E-state index contributed by atoms with van der Waals surface area (Å²) in [5, 5.41) is 0. The number of hydrogen-bond donors (Lipinski definition) is 2. The fourth-order valence-corrected chi connectivity index (χ4v) is 3.34. The highest BCUT2D eigenvalue weighted by atomic mass is 19.4. The van der Waals surface area contributed by atoms with Crippen LogP contribution in [0, 0.1) is 5.92 Å². The molecule has 0 amide bonds. The molecule has 0 spiro atoms. The lowest BCUT2D eigenvalue weighted by Gasteiger charge is -2.31. The van der Waals surface area contributed by atoms with Crippen molar-refractivity contribution in [3.8, 4) is 0 Å². The Morgan fingerprint density at radius 3 is 2.67 bits per heavy atom. The highest BCUT2D eigenvalue weighted by Gasteiger charge is 2.32. The number of nitrogens with zero attached hydrogens (tertiary/aromatic N) is 1. The van der Waals surface area contributed by atoms with Gasteiger partial charge in [0.1, 0.15) is 0 Å². The Balaban J connectivity index is 1.73. The third-order valence-electron chi connectivity index (χ3n) is 4.56. The molecule has 0 unspecified atom stereocenters. The maximum Gasteiger partial charge on any atom is 0.416 e. The molecule has 144 valence electrons. The molecule has 2 aromatic rings. The molecule has 1 aromatic heterocycles. The number of alkyl halides is 3. The summed E-state index contributed by atoms with van der Waals surface area (Å²) in [7, 11) is 0. The average Bonchev–Trinajstić information content (AvgIpc) is 2.60. The fourth-order valence-electron chi connectivity index (χ4n) is 3.34. The number of piperidine rings is 1. The second-order valence-corrected chi connectivity index (χ2v) is 6.63. The van der Waals surface area contributed by atoms with E-state index < -0.39 is 28.9 Å². The predicted octanol–water partition coefficient (Wildman–Crippen LogP) is 2.18. The van der Waals surface area contributed by atoms with Crippen molar-refractivity contribution in [2.24, 2.45) is 5.92 Å². The Morgan fingerprint density at radius 1 is 1.19 bits per heavy atom. The molecule has 2 heterocycles. The van der Waals surface area contributed by atoms with Crippen molar-refractivity contribution in [2.45, 2.75) is 25.6 Å². The molecule has 6 nitrogen and oxygen atoms in total. The molecule has 0 radical (unpaired) electrons. The number of likely N-dealkylation sites (tertiary alicyclic amines) is 1. The number of ketones is 1. The highest BCUT2D eigenvalue weighted by molar-refractivity contribution is 5.98. The molecule has 2 N–H and O–H groups in total. The van der Waals surface area contributed by atoms with Gasteiger partial charge in [0.05, 0.1) is 5.56 Å². The Bertz CT molecular complexity index is 921. The number of carbonyl (C=O) groups is 1. The maximum absolute atomic E-state index is 12.9. The summed E-state index contributed by atoms with van der Waals surface area (Å²) >= 11 is 0. The minimum Gasteiger partial charge on any atom is -0.310 e. The van der Waals surface area contributed by atoms with Crippen LogP contribution in [0.1, 0.15) is 34.5 Å². The van der Waals surface area contributed by atoms with E-state index in [2.05, 4.69) is 9.97 Å². The van der Waals surface area contributed by atoms with E-state index in [1.807, 2.05) is 4.90 Å². The Labute approximate surface area is 152 Å². The van der Waals surface area contributed by atoms with Crippen LogP contribution < -0.4 is 11.2 Å². The number of benzene rings is 1. The molecule has 1 aliphatic heterocycles. The summed E-state index contributed by atoms with van der Waals surface area (Å²) in [6.07, 6.45) is -3.22. The number of hydrogen-bond acceptors (Lipinski definition) is 4. The first kappa shape index (κ1) is 19.1. The number of rotatable bonds is 4. The summed E-state index contributed by atoms with van der Waals surface area (Å²) in [6, 6.07) is 5.73. The normalized spacial score (nSPS) is 18.4. The van der Waals surface area contributed by atoms with E-state index in [9.17, 15) is 27.6 Å². The SMILES string of the molecule is O=C(c1cccc(C(F)(F)F)c1)[C@@H]1CCCN(Cc2cc(=O)[nH]c(=O)[nH]2)C1. The van der Waals surface area contributed by atoms with Gasteiger partial charge in [0, 0.05) is 36.3 Å². The second-order valence-electron chi connectivity index (χ2n) is 6.63. The monoisotopic (exact) mass is 381 g/mol. The van der Waals surface area contributed by atoms with Gasteiger partial charge >= 0.3 is 11.9 Å². The molecule has 0 bridgehead atoms. The minimum absolute atomic E-state index is 0.0428. The Hall–Kier alpha value is -2.68. The van der Waals surface area contributed by atoms with Gasteiger partial charge in [-0.1, -0.05) is 12.1 Å². The van der Waals surface area contributed by atoms with Crippen LogP contribution in [0.5, 0.6) is 0 Å². The van der Waals surface area contributed by atoms with Gasteiger partial charge in [-0.3, -0.25) is 19.5 Å². The molecule has 9 heteroatoms. The van der Waals surface area contributed by atoms with Crippen LogP contribution in [0.3, 0.4) is 0 Å². The van der Waals surface area contributed by atoms with E-state index >= 15 is 0 Å². The van der Waals surface area contributed by atoms with Crippen LogP contribution in [-0.4, -0.2) is 33.7 Å². The van der Waals surface area contributed by atoms with Crippen LogP contribution in [0.4, 0.5) is 13.2 Å². The van der Waals surface area contributed by atoms with Crippen molar-refractivity contribution >= 4 is 5.78 Å². The van der Waals surface area contributed by atoms with Gasteiger partial charge in [-0.25, -0.2) is 4.79 Å². The third-order valence-corrected chi connectivity index (χ3v) is 4.56. The van der Waals surface area contributed by atoms with Crippen molar-refractivity contribution in [1.29, 1.82) is 0 Å². The van der Waals surface area contributed by atoms with E-state index in [1.165, 1.54) is 18.2 Å². The first-order chi connectivity index (χ1) is 12.7. The zero-order valence-electron chi connectivity index (χ0n) is 14.3. The van der Waals surface area contributed by atoms with Gasteiger partial charge < -0.3 is 4.98 Å². The molecule has 1 atom stereocenters. The van der Waals surface area contributed by atoms with E-state index in [-0.39, 0.29) is 17.9 Å². The molecule has 0 aliphatic carbocycles. The molecule has 0 saturated carbocycles. The molecule has 1 fully saturated rings. The smallest absolute Gasteiger partial charge is 0.310 e. The lowest BCUT2D eigenvalue weighted by atomic mass is 9.89. The first-order valence-corrected chi connectivity index (χ1v) is 8.49. The van der Waals surface area contributed by atoms with Crippen LogP contribution in [0.25, 0.3) is 0 Å². The summed E-state index contributed by atoms with van der Waals surface area (Å²) < 4.78 is 38.6. The lowest BCUT2D eigenvalue weighted by molar-refractivity contribution is -0.137. The summed E-state index contributed by atoms with van der Waals surface area (Å²) in [5.41, 5.74) is -1.49. The van der Waals surface area contributed by atoms with Gasteiger partial charge in [0.25, 0.3) is 5.56 Å². The number of nitrogens with one attached hydrogen (secondary N) is 2. The summed E-state index contributed by atoms with van der Waals surface area (Å²) in [5.74, 6) is -0.763. The third kappa shape index (κ3) is 4.73. The number of H-pyrrole nitrogens is 2. The van der Waals surface area contributed by atoms with Crippen LogP contribution in [-0.2, 0) is 12.7 Å². The predicted molar refractivity (Wildman–Crippen MR) is 91.5 cm³/mol. The maximum atomic E-state index is 12.9. The molecule has 3 rings (SSSR count). The summed E-state index contributed by atoms with van der Waals surface area (Å²) in [4.78, 5) is 41.9.